The van der Waals surface area contributed by atoms with E-state index < -0.39 is 29.1 Å². The van der Waals surface area contributed by atoms with Crippen LogP contribution in [0.1, 0.15) is 6.92 Å². The Kier molecular flexibility index (Phi) is 3.85. The molecule has 0 spiro atoms. The number of ether oxygens (including phenoxy) is 1. The first-order valence-electron chi connectivity index (χ1n) is 4.74. The predicted molar refractivity (Wildman–Crippen MR) is 52.3 cm³/mol. The second-order valence-corrected chi connectivity index (χ2v) is 3.79. The van der Waals surface area contributed by atoms with Gasteiger partial charge in [-0.25, -0.2) is 0 Å². The van der Waals surface area contributed by atoms with Gasteiger partial charge in [-0.15, -0.1) is 4.91 Å². The lowest BCUT2D eigenvalue weighted by Crippen LogP contribution is -2.66. The van der Waals surface area contributed by atoms with Gasteiger partial charge in [0.05, 0.1) is 13.2 Å². The molecule has 1 rings (SSSR count). The predicted octanol–water partition coefficient (Wildman–Crippen LogP) is 0.673. The maximum Gasteiger partial charge on any atom is 0.412 e. The molecular formula is C9H9F3N2O4. The number of nitrogens with one attached hydrogen (secondary N) is 1. The fraction of sp³-hybridized carbons (Fsp3) is 0.556. The summed E-state index contributed by atoms with van der Waals surface area (Å²) in [4.78, 5) is 32.5. The Morgan fingerprint density at radius 1 is 1.39 bits per heavy atom. The van der Waals surface area contributed by atoms with Crippen molar-refractivity contribution in [1.82, 2.24) is 5.32 Å². The second kappa shape index (κ2) is 4.84. The Bertz CT molecular complexity index is 413. The number of rotatable bonds is 3. The molecule has 1 heterocycles. The van der Waals surface area contributed by atoms with Gasteiger partial charge in [-0.3, -0.25) is 9.59 Å². The summed E-state index contributed by atoms with van der Waals surface area (Å²) in [7, 11) is 0. The van der Waals surface area contributed by atoms with E-state index in [0.29, 0.717) is 13.0 Å². The van der Waals surface area contributed by atoms with Crippen LogP contribution < -0.4 is 5.32 Å². The zero-order chi connectivity index (χ0) is 14.0. The molecule has 1 aliphatic heterocycles. The lowest BCUT2D eigenvalue weighted by Gasteiger charge is -2.37. The third-order valence-corrected chi connectivity index (χ3v) is 2.35. The number of hydrogen-bond donors (Lipinski definition) is 1. The summed E-state index contributed by atoms with van der Waals surface area (Å²) < 4.78 is 41.1. The summed E-state index contributed by atoms with van der Waals surface area (Å²) >= 11 is 0. The van der Waals surface area contributed by atoms with Crippen LogP contribution in [0.2, 0.25) is 0 Å². The van der Waals surface area contributed by atoms with Crippen LogP contribution in [0.25, 0.3) is 0 Å². The zero-order valence-electron chi connectivity index (χ0n) is 9.21. The largest absolute Gasteiger partial charge is 0.412 e. The highest BCUT2D eigenvalue weighted by Gasteiger charge is 2.48. The molecule has 0 atom stereocenters. The van der Waals surface area contributed by atoms with Crippen molar-refractivity contribution in [3.63, 3.8) is 0 Å². The highest BCUT2D eigenvalue weighted by molar-refractivity contribution is 5.96. The summed E-state index contributed by atoms with van der Waals surface area (Å²) in [6.45, 7) is 0.133. The van der Waals surface area contributed by atoms with Gasteiger partial charge in [-0.05, 0) is 6.92 Å². The van der Waals surface area contributed by atoms with E-state index in [0.717, 1.165) is 0 Å². The van der Waals surface area contributed by atoms with E-state index >= 15 is 0 Å². The number of hydrogen-bond acceptors (Lipinski definition) is 4. The van der Waals surface area contributed by atoms with E-state index in [1.165, 1.54) is 0 Å². The summed E-state index contributed by atoms with van der Waals surface area (Å²) in [5.41, 5.74) is -2.76. The Morgan fingerprint density at radius 3 is 2.28 bits per heavy atom. The van der Waals surface area contributed by atoms with Crippen LogP contribution in [-0.4, -0.2) is 36.7 Å². The van der Waals surface area contributed by atoms with Gasteiger partial charge < -0.3 is 10.1 Å². The number of halogens is 3. The van der Waals surface area contributed by atoms with Crippen molar-refractivity contribution in [1.29, 1.82) is 0 Å². The van der Waals surface area contributed by atoms with E-state index in [9.17, 15) is 27.7 Å². The van der Waals surface area contributed by atoms with E-state index in [4.69, 9.17) is 0 Å². The Morgan fingerprint density at radius 2 is 1.94 bits per heavy atom. The highest BCUT2D eigenvalue weighted by atomic mass is 19.4. The van der Waals surface area contributed by atoms with Gasteiger partial charge in [0, 0.05) is 16.8 Å². The molecule has 0 radical (unpaired) electrons. The molecule has 1 aliphatic rings. The third-order valence-electron chi connectivity index (χ3n) is 2.35. The van der Waals surface area contributed by atoms with Crippen LogP contribution >= 0.6 is 0 Å². The molecule has 0 unspecified atom stereocenters. The Labute approximate surface area is 99.1 Å². The fourth-order valence-electron chi connectivity index (χ4n) is 1.19. The lowest BCUT2D eigenvalue weighted by atomic mass is 9.96. The Hall–Kier alpha value is -1.77. The van der Waals surface area contributed by atoms with Crippen molar-refractivity contribution in [3.05, 3.63) is 16.6 Å². The van der Waals surface area contributed by atoms with E-state index in [1.807, 2.05) is 5.32 Å². The van der Waals surface area contributed by atoms with Gasteiger partial charge in [0.2, 0.25) is 5.91 Å². The number of amides is 2. The molecular weight excluding hydrogens is 257 g/mol. The molecule has 1 fully saturated rings. The van der Waals surface area contributed by atoms with Crippen LogP contribution in [0.15, 0.2) is 16.8 Å². The SMILES string of the molecule is C/C(=C\C(=O)NC1(C(=O)N=O)COC1)C(F)(F)F. The lowest BCUT2D eigenvalue weighted by molar-refractivity contribution is -0.149. The molecule has 0 aromatic heterocycles. The quantitative estimate of drug-likeness (QED) is 0.601. The summed E-state index contributed by atoms with van der Waals surface area (Å²) in [6.07, 6.45) is -4.33. The van der Waals surface area contributed by atoms with Crippen molar-refractivity contribution >= 4 is 11.8 Å². The first-order chi connectivity index (χ1) is 8.21. The van der Waals surface area contributed by atoms with E-state index in [1.54, 1.807) is 0 Å². The number of nitrogens with zero attached hydrogens (tertiary/aromatic N) is 1. The first-order valence-corrected chi connectivity index (χ1v) is 4.74. The average molecular weight is 266 g/mol. The molecule has 0 aliphatic carbocycles. The maximum atomic E-state index is 12.2. The summed E-state index contributed by atoms with van der Waals surface area (Å²) in [5.74, 6) is -2.31. The van der Waals surface area contributed by atoms with E-state index in [2.05, 4.69) is 9.91 Å². The summed E-state index contributed by atoms with van der Waals surface area (Å²) in [5, 5.41) is 4.14. The van der Waals surface area contributed by atoms with Crippen molar-refractivity contribution in [2.24, 2.45) is 5.18 Å². The van der Waals surface area contributed by atoms with Gasteiger partial charge in [-0.1, -0.05) is 0 Å². The number of carbonyl (C=O) groups is 2. The van der Waals surface area contributed by atoms with Crippen molar-refractivity contribution in [2.45, 2.75) is 18.6 Å². The van der Waals surface area contributed by atoms with Gasteiger partial charge in [0.25, 0.3) is 0 Å². The molecule has 6 nitrogen and oxygen atoms in total. The van der Waals surface area contributed by atoms with Crippen molar-refractivity contribution in [3.8, 4) is 0 Å². The molecule has 9 heteroatoms. The normalized spacial score (nSPS) is 18.8. The van der Waals surface area contributed by atoms with Gasteiger partial charge >= 0.3 is 12.1 Å². The number of allylic oxidation sites excluding steroid dienone is 1. The number of carbonyl (C=O) groups excluding carboxylic acids is 2. The molecule has 0 saturated carbocycles. The molecule has 1 N–H and O–H groups in total. The molecule has 0 aromatic rings. The zero-order valence-corrected chi connectivity index (χ0v) is 9.21. The highest BCUT2D eigenvalue weighted by Crippen LogP contribution is 2.25. The van der Waals surface area contributed by atoms with Gasteiger partial charge in [0.15, 0.2) is 5.54 Å². The average Bonchev–Trinajstić information content (AvgIpc) is 2.20. The van der Waals surface area contributed by atoms with Crippen LogP contribution in [-0.2, 0) is 14.3 Å². The minimum Gasteiger partial charge on any atom is -0.375 e. The minimum absolute atomic E-state index is 0.289. The Balaban J connectivity index is 2.76. The van der Waals surface area contributed by atoms with Crippen molar-refractivity contribution in [2.75, 3.05) is 13.2 Å². The van der Waals surface area contributed by atoms with Crippen LogP contribution in [0.5, 0.6) is 0 Å². The summed E-state index contributed by atoms with van der Waals surface area (Å²) in [6, 6.07) is 0. The van der Waals surface area contributed by atoms with Crippen molar-refractivity contribution < 1.29 is 27.5 Å². The third kappa shape index (κ3) is 2.92. The second-order valence-electron chi connectivity index (χ2n) is 3.79. The van der Waals surface area contributed by atoms with E-state index in [-0.39, 0.29) is 13.2 Å². The molecule has 1 saturated heterocycles. The number of nitroso groups, excluding NO2 is 1. The van der Waals surface area contributed by atoms with Gasteiger partial charge in [0.1, 0.15) is 0 Å². The fourth-order valence-corrected chi connectivity index (χ4v) is 1.19. The standard InChI is InChI=1S/C9H9F3N2O4/c1-5(9(10,11)12)2-6(15)13-8(3-18-4-8)7(16)14-17/h2H,3-4H2,1H3,(H,13,15)/b5-2+. The molecule has 100 valence electrons. The van der Waals surface area contributed by atoms with Crippen LogP contribution in [0.3, 0.4) is 0 Å². The maximum absolute atomic E-state index is 12.2. The van der Waals surface area contributed by atoms with Gasteiger partial charge in [-0.2, -0.15) is 13.2 Å². The molecule has 2 amide bonds. The van der Waals surface area contributed by atoms with Crippen LogP contribution in [0.4, 0.5) is 13.2 Å². The molecule has 0 bridgehead atoms. The number of alkyl halides is 3. The first kappa shape index (κ1) is 14.3. The molecule has 18 heavy (non-hydrogen) atoms. The van der Waals surface area contributed by atoms with Crippen LogP contribution in [0, 0.1) is 4.91 Å². The topological polar surface area (TPSA) is 84.8 Å². The molecule has 0 aromatic carbocycles. The monoisotopic (exact) mass is 266 g/mol. The smallest absolute Gasteiger partial charge is 0.375 e. The minimum atomic E-state index is -4.63.